The predicted molar refractivity (Wildman–Crippen MR) is 49.5 cm³/mol. The summed E-state index contributed by atoms with van der Waals surface area (Å²) in [6.07, 6.45) is 1.59. The molecule has 1 amide bonds. The summed E-state index contributed by atoms with van der Waals surface area (Å²) in [6.45, 7) is 3.82. The van der Waals surface area contributed by atoms with Crippen molar-refractivity contribution >= 4 is 11.7 Å². The van der Waals surface area contributed by atoms with Crippen LogP contribution in [0.4, 0.5) is 5.82 Å². The van der Waals surface area contributed by atoms with E-state index >= 15 is 0 Å². The van der Waals surface area contributed by atoms with Gasteiger partial charge in [0.25, 0.3) is 0 Å². The smallest absolute Gasteiger partial charge is 0.238 e. The van der Waals surface area contributed by atoms with Crippen LogP contribution in [0, 0.1) is 6.07 Å². The van der Waals surface area contributed by atoms with Crippen LogP contribution in [-0.4, -0.2) is 17.9 Å². The Kier molecular flexibility index (Phi) is 1.46. The molecule has 1 aliphatic heterocycles. The van der Waals surface area contributed by atoms with Crippen molar-refractivity contribution in [3.05, 3.63) is 23.9 Å². The third-order valence-electron chi connectivity index (χ3n) is 2.56. The summed E-state index contributed by atoms with van der Waals surface area (Å²) < 4.78 is 0. The highest BCUT2D eigenvalue weighted by Crippen LogP contribution is 2.38. The first-order chi connectivity index (χ1) is 6.05. The lowest BCUT2D eigenvalue weighted by Gasteiger charge is -2.15. The van der Waals surface area contributed by atoms with Crippen molar-refractivity contribution in [1.29, 1.82) is 0 Å². The molecule has 0 N–H and O–H groups in total. The fraction of sp³-hybridized carbons (Fsp3) is 0.400. The van der Waals surface area contributed by atoms with Crippen LogP contribution in [0.2, 0.25) is 0 Å². The Labute approximate surface area is 77.4 Å². The van der Waals surface area contributed by atoms with E-state index in [1.807, 2.05) is 19.9 Å². The molecule has 67 valence electrons. The molecule has 0 aromatic carbocycles. The van der Waals surface area contributed by atoms with Crippen LogP contribution in [0.25, 0.3) is 0 Å². The average molecular weight is 175 g/mol. The topological polar surface area (TPSA) is 33.2 Å². The second-order valence-electron chi connectivity index (χ2n) is 3.80. The number of hydrogen-bond acceptors (Lipinski definition) is 2. The van der Waals surface area contributed by atoms with E-state index in [1.165, 1.54) is 0 Å². The molecule has 1 aliphatic rings. The van der Waals surface area contributed by atoms with Gasteiger partial charge in [-0.25, -0.2) is 4.98 Å². The lowest BCUT2D eigenvalue weighted by Crippen LogP contribution is -2.33. The van der Waals surface area contributed by atoms with E-state index in [4.69, 9.17) is 0 Å². The first kappa shape index (κ1) is 8.23. The number of aromatic nitrogens is 1. The van der Waals surface area contributed by atoms with Crippen LogP contribution in [0.15, 0.2) is 12.3 Å². The third kappa shape index (κ3) is 0.899. The van der Waals surface area contributed by atoms with E-state index in [0.29, 0.717) is 0 Å². The normalized spacial score (nSPS) is 19.0. The monoisotopic (exact) mass is 175 g/mol. The van der Waals surface area contributed by atoms with Gasteiger partial charge >= 0.3 is 0 Å². The zero-order chi connectivity index (χ0) is 9.64. The van der Waals surface area contributed by atoms with Crippen LogP contribution in [0.1, 0.15) is 19.4 Å². The number of hydrogen-bond donors (Lipinski definition) is 0. The number of fused-ring (bicyclic) bond motifs is 1. The van der Waals surface area contributed by atoms with Crippen LogP contribution in [-0.2, 0) is 10.2 Å². The van der Waals surface area contributed by atoms with Crippen LogP contribution in [0.5, 0.6) is 0 Å². The van der Waals surface area contributed by atoms with Crippen LogP contribution >= 0.6 is 0 Å². The molecule has 0 bridgehead atoms. The highest BCUT2D eigenvalue weighted by atomic mass is 16.2. The van der Waals surface area contributed by atoms with Crippen molar-refractivity contribution in [2.45, 2.75) is 19.3 Å². The van der Waals surface area contributed by atoms with Gasteiger partial charge in [-0.2, -0.15) is 0 Å². The minimum absolute atomic E-state index is 0.0922. The van der Waals surface area contributed by atoms with Gasteiger partial charge in [0.2, 0.25) is 5.91 Å². The molecule has 1 radical (unpaired) electrons. The molecular weight excluding hydrogens is 164 g/mol. The maximum Gasteiger partial charge on any atom is 0.238 e. The van der Waals surface area contributed by atoms with Gasteiger partial charge in [-0.3, -0.25) is 9.69 Å². The SMILES string of the molecule is CN1C(=O)C(C)(C)c2c[c]cnc21. The largest absolute Gasteiger partial charge is 0.299 e. The van der Waals surface area contributed by atoms with E-state index in [1.54, 1.807) is 18.1 Å². The van der Waals surface area contributed by atoms with Crippen molar-refractivity contribution in [2.75, 3.05) is 11.9 Å². The second-order valence-corrected chi connectivity index (χ2v) is 3.80. The third-order valence-corrected chi connectivity index (χ3v) is 2.56. The van der Waals surface area contributed by atoms with Crippen molar-refractivity contribution in [3.63, 3.8) is 0 Å². The Morgan fingerprint density at radius 2 is 2.23 bits per heavy atom. The second kappa shape index (κ2) is 2.31. The Morgan fingerprint density at radius 3 is 2.85 bits per heavy atom. The quantitative estimate of drug-likeness (QED) is 0.592. The van der Waals surface area contributed by atoms with Gasteiger partial charge in [0.15, 0.2) is 0 Å². The first-order valence-corrected chi connectivity index (χ1v) is 4.20. The van der Waals surface area contributed by atoms with Gasteiger partial charge in [0, 0.05) is 24.9 Å². The van der Waals surface area contributed by atoms with E-state index < -0.39 is 5.41 Å². The fourth-order valence-corrected chi connectivity index (χ4v) is 1.71. The van der Waals surface area contributed by atoms with Crippen molar-refractivity contribution in [1.82, 2.24) is 4.98 Å². The number of rotatable bonds is 0. The summed E-state index contributed by atoms with van der Waals surface area (Å²) in [4.78, 5) is 17.5. The van der Waals surface area contributed by atoms with E-state index in [-0.39, 0.29) is 5.91 Å². The summed E-state index contributed by atoms with van der Waals surface area (Å²) >= 11 is 0. The van der Waals surface area contributed by atoms with E-state index in [0.717, 1.165) is 11.4 Å². The maximum atomic E-state index is 11.8. The van der Waals surface area contributed by atoms with E-state index in [9.17, 15) is 4.79 Å². The Bertz CT molecular complexity index is 371. The van der Waals surface area contributed by atoms with Gasteiger partial charge in [0.05, 0.1) is 5.41 Å². The first-order valence-electron chi connectivity index (χ1n) is 4.20. The van der Waals surface area contributed by atoms with Gasteiger partial charge in [-0.1, -0.05) is 0 Å². The van der Waals surface area contributed by atoms with Gasteiger partial charge in [-0.15, -0.1) is 0 Å². The number of carbonyl (C=O) groups is 1. The van der Waals surface area contributed by atoms with Crippen LogP contribution in [0.3, 0.4) is 0 Å². The minimum atomic E-state index is -0.450. The highest BCUT2D eigenvalue weighted by molar-refractivity contribution is 6.06. The lowest BCUT2D eigenvalue weighted by atomic mass is 9.87. The van der Waals surface area contributed by atoms with Crippen molar-refractivity contribution in [3.8, 4) is 0 Å². The van der Waals surface area contributed by atoms with Crippen molar-refractivity contribution < 1.29 is 4.79 Å². The van der Waals surface area contributed by atoms with E-state index in [2.05, 4.69) is 11.1 Å². The molecule has 3 nitrogen and oxygen atoms in total. The maximum absolute atomic E-state index is 11.8. The number of carbonyl (C=O) groups excluding carboxylic acids is 1. The lowest BCUT2D eigenvalue weighted by molar-refractivity contribution is -0.121. The molecule has 0 atom stereocenters. The summed E-state index contributed by atoms with van der Waals surface area (Å²) in [5, 5.41) is 0. The number of anilines is 1. The van der Waals surface area contributed by atoms with Crippen LogP contribution < -0.4 is 4.90 Å². The Hall–Kier alpha value is -1.38. The molecule has 2 heterocycles. The molecule has 0 spiro atoms. The van der Waals surface area contributed by atoms with Gasteiger partial charge in [0.1, 0.15) is 5.82 Å². The molecule has 3 heteroatoms. The van der Waals surface area contributed by atoms with Gasteiger partial charge in [-0.05, 0) is 19.9 Å². The standard InChI is InChI=1S/C10H11N2O/c1-10(2)7-5-4-6-11-8(7)12(3)9(10)13/h5-6H,1-3H3. The predicted octanol–water partition coefficient (Wildman–Crippen LogP) is 1.14. The molecule has 13 heavy (non-hydrogen) atoms. The molecule has 0 unspecified atom stereocenters. The molecule has 0 saturated heterocycles. The molecule has 0 aliphatic carbocycles. The Balaban J connectivity index is 2.68. The fourth-order valence-electron chi connectivity index (χ4n) is 1.71. The number of pyridine rings is 1. The molecule has 1 aromatic rings. The minimum Gasteiger partial charge on any atom is -0.299 e. The molecular formula is C10H11N2O. The zero-order valence-electron chi connectivity index (χ0n) is 7.96. The average Bonchev–Trinajstić information content (AvgIpc) is 2.30. The molecule has 1 aromatic heterocycles. The number of likely N-dealkylation sites (N-methyl/N-ethyl adjacent to an activating group) is 1. The zero-order valence-corrected chi connectivity index (χ0v) is 7.96. The number of nitrogens with zero attached hydrogens (tertiary/aromatic N) is 2. The summed E-state index contributed by atoms with van der Waals surface area (Å²) in [7, 11) is 1.75. The Morgan fingerprint density at radius 1 is 1.54 bits per heavy atom. The number of amides is 1. The summed E-state index contributed by atoms with van der Waals surface area (Å²) in [5.74, 6) is 0.850. The molecule has 2 rings (SSSR count). The summed E-state index contributed by atoms with van der Waals surface area (Å²) in [5.41, 5.74) is 0.511. The summed E-state index contributed by atoms with van der Waals surface area (Å²) in [6, 6.07) is 4.74. The molecule has 0 saturated carbocycles. The molecule has 0 fully saturated rings. The van der Waals surface area contributed by atoms with Gasteiger partial charge < -0.3 is 0 Å². The highest BCUT2D eigenvalue weighted by Gasteiger charge is 2.42. The van der Waals surface area contributed by atoms with Crippen molar-refractivity contribution in [2.24, 2.45) is 0 Å².